The molecule has 0 bridgehead atoms. The Morgan fingerprint density at radius 1 is 1.30 bits per heavy atom. The average molecular weight is 410 g/mol. The fourth-order valence-corrected chi connectivity index (χ4v) is 5.57. The fourth-order valence-electron chi connectivity index (χ4n) is 3.96. The third-order valence-electron chi connectivity index (χ3n) is 5.47. The Morgan fingerprint density at radius 3 is 2.67 bits per heavy atom. The summed E-state index contributed by atoms with van der Waals surface area (Å²) in [5.74, 6) is -0.229. The molecule has 5 nitrogen and oxygen atoms in total. The van der Waals surface area contributed by atoms with Crippen LogP contribution < -0.4 is 10.6 Å². The van der Waals surface area contributed by atoms with Gasteiger partial charge in [-0.1, -0.05) is 0 Å². The molecular weight excluding hydrogens is 378 g/mol. The van der Waals surface area contributed by atoms with E-state index in [2.05, 4.69) is 29.4 Å². The highest BCUT2D eigenvalue weighted by Gasteiger charge is 2.27. The molecule has 1 saturated heterocycles. The van der Waals surface area contributed by atoms with E-state index in [1.807, 2.05) is 6.92 Å². The lowest BCUT2D eigenvalue weighted by atomic mass is 9.95. The molecule has 2 aliphatic rings. The van der Waals surface area contributed by atoms with Crippen molar-refractivity contribution in [2.75, 3.05) is 25.0 Å². The molecule has 1 aliphatic carbocycles. The van der Waals surface area contributed by atoms with Crippen LogP contribution in [0.3, 0.4) is 0 Å². The molecule has 0 aromatic carbocycles. The van der Waals surface area contributed by atoms with Crippen LogP contribution in [0.2, 0.25) is 0 Å². The van der Waals surface area contributed by atoms with Crippen molar-refractivity contribution in [3.63, 3.8) is 0 Å². The minimum atomic E-state index is -0.229. The topological polar surface area (TPSA) is 53.6 Å². The number of hydrogen-bond donors (Lipinski definition) is 2. The van der Waals surface area contributed by atoms with Crippen LogP contribution in [0.15, 0.2) is 0 Å². The summed E-state index contributed by atoms with van der Waals surface area (Å²) in [5.41, 5.74) is 1.87. The number of piperidine rings is 1. The Balaban J connectivity index is 1.65. The predicted octanol–water partition coefficient (Wildman–Crippen LogP) is 3.96. The van der Waals surface area contributed by atoms with Crippen molar-refractivity contribution < 1.29 is 9.53 Å². The number of nitrogens with one attached hydrogen (secondary N) is 2. The molecule has 7 heteroatoms. The number of hydrogen-bond acceptors (Lipinski definition) is 5. The maximum Gasteiger partial charge on any atom is 0.341 e. The summed E-state index contributed by atoms with van der Waals surface area (Å²) in [7, 11) is 0. The number of likely N-dealkylation sites (tertiary alicyclic amines) is 1. The Hall–Kier alpha value is -1.18. The van der Waals surface area contributed by atoms with Gasteiger partial charge in [0.25, 0.3) is 0 Å². The number of carbonyl (C=O) groups is 1. The molecular formula is C20H31N3O2S2. The molecule has 1 aromatic heterocycles. The smallest absolute Gasteiger partial charge is 0.341 e. The van der Waals surface area contributed by atoms with Gasteiger partial charge in [0.05, 0.1) is 12.2 Å². The lowest BCUT2D eigenvalue weighted by Crippen LogP contribution is -2.47. The van der Waals surface area contributed by atoms with Crippen molar-refractivity contribution in [3.8, 4) is 0 Å². The summed E-state index contributed by atoms with van der Waals surface area (Å²) < 4.78 is 5.32. The van der Waals surface area contributed by atoms with Gasteiger partial charge in [-0.15, -0.1) is 11.3 Å². The summed E-state index contributed by atoms with van der Waals surface area (Å²) in [6.07, 6.45) is 6.49. The van der Waals surface area contributed by atoms with Gasteiger partial charge in [0, 0.05) is 30.1 Å². The Kier molecular flexibility index (Phi) is 7.11. The van der Waals surface area contributed by atoms with E-state index in [0.717, 1.165) is 50.2 Å². The number of fused-ring (bicyclic) bond motifs is 1. The Bertz CT molecular complexity index is 679. The molecule has 0 saturated carbocycles. The van der Waals surface area contributed by atoms with E-state index in [1.165, 1.54) is 16.9 Å². The summed E-state index contributed by atoms with van der Waals surface area (Å²) in [4.78, 5) is 16.4. The normalized spacial score (nSPS) is 18.2. The third-order valence-corrected chi connectivity index (χ3v) is 6.90. The number of esters is 1. The largest absolute Gasteiger partial charge is 0.462 e. The van der Waals surface area contributed by atoms with Crippen molar-refractivity contribution in [2.24, 2.45) is 0 Å². The maximum absolute atomic E-state index is 12.5. The first-order chi connectivity index (χ1) is 13.0. The van der Waals surface area contributed by atoms with Crippen molar-refractivity contribution in [3.05, 3.63) is 16.0 Å². The van der Waals surface area contributed by atoms with E-state index in [-0.39, 0.29) is 5.97 Å². The van der Waals surface area contributed by atoms with E-state index in [4.69, 9.17) is 17.0 Å². The van der Waals surface area contributed by atoms with Crippen molar-refractivity contribution in [1.82, 2.24) is 10.2 Å². The predicted molar refractivity (Wildman–Crippen MR) is 116 cm³/mol. The molecule has 1 fully saturated rings. The van der Waals surface area contributed by atoms with Gasteiger partial charge < -0.3 is 20.3 Å². The Morgan fingerprint density at radius 2 is 2.00 bits per heavy atom. The summed E-state index contributed by atoms with van der Waals surface area (Å²) in [6, 6.07) is 0.987. The second-order valence-electron chi connectivity index (χ2n) is 7.64. The number of aryl methyl sites for hydroxylation is 1. The van der Waals surface area contributed by atoms with Gasteiger partial charge in [-0.3, -0.25) is 0 Å². The van der Waals surface area contributed by atoms with Crippen LogP contribution in [0.25, 0.3) is 0 Å². The molecule has 0 unspecified atom stereocenters. The summed E-state index contributed by atoms with van der Waals surface area (Å²) >= 11 is 7.23. The molecule has 150 valence electrons. The minimum absolute atomic E-state index is 0.229. The van der Waals surface area contributed by atoms with E-state index in [9.17, 15) is 4.79 Å². The molecule has 0 spiro atoms. The van der Waals surface area contributed by atoms with Crippen LogP contribution in [0.4, 0.5) is 5.00 Å². The minimum Gasteiger partial charge on any atom is -0.462 e. The number of thiophene rings is 1. The molecule has 0 amide bonds. The van der Waals surface area contributed by atoms with Gasteiger partial charge in [-0.25, -0.2) is 4.79 Å². The number of rotatable bonds is 5. The fraction of sp³-hybridized carbons (Fsp3) is 0.700. The van der Waals surface area contributed by atoms with Crippen LogP contribution >= 0.6 is 23.6 Å². The van der Waals surface area contributed by atoms with Crippen LogP contribution in [-0.4, -0.2) is 47.8 Å². The van der Waals surface area contributed by atoms with E-state index < -0.39 is 0 Å². The molecule has 3 rings (SSSR count). The number of nitrogens with zero attached hydrogens (tertiary/aromatic N) is 1. The highest BCUT2D eigenvalue weighted by atomic mass is 32.1. The van der Waals surface area contributed by atoms with Crippen LogP contribution in [-0.2, 0) is 17.6 Å². The standard InChI is InChI=1S/C20H31N3O2S2/c1-4-25-19(24)17-15-7-5-6-8-16(15)27-18(17)22-20(26)21-14-9-11-23(12-10-14)13(2)3/h13-14H,4-12H2,1-3H3,(H2,21,22,26). The average Bonchev–Trinajstić information content (AvgIpc) is 3.00. The molecule has 2 N–H and O–H groups in total. The molecule has 1 aromatic rings. The highest BCUT2D eigenvalue weighted by molar-refractivity contribution is 7.80. The van der Waals surface area contributed by atoms with Crippen LogP contribution in [0.5, 0.6) is 0 Å². The van der Waals surface area contributed by atoms with E-state index in [0.29, 0.717) is 29.4 Å². The zero-order chi connectivity index (χ0) is 19.4. The van der Waals surface area contributed by atoms with Gasteiger partial charge in [-0.2, -0.15) is 0 Å². The molecule has 1 aliphatic heterocycles. The molecule has 0 radical (unpaired) electrons. The number of thiocarbonyl (C=S) groups is 1. The maximum atomic E-state index is 12.5. The van der Waals surface area contributed by atoms with Crippen molar-refractivity contribution in [2.45, 2.75) is 71.4 Å². The highest BCUT2D eigenvalue weighted by Crippen LogP contribution is 2.38. The van der Waals surface area contributed by atoms with Gasteiger partial charge in [0.1, 0.15) is 5.00 Å². The second kappa shape index (κ2) is 9.34. The van der Waals surface area contributed by atoms with Gasteiger partial charge >= 0.3 is 5.97 Å². The van der Waals surface area contributed by atoms with E-state index >= 15 is 0 Å². The zero-order valence-electron chi connectivity index (χ0n) is 16.6. The zero-order valence-corrected chi connectivity index (χ0v) is 18.2. The monoisotopic (exact) mass is 409 g/mol. The van der Waals surface area contributed by atoms with Crippen molar-refractivity contribution in [1.29, 1.82) is 0 Å². The number of ether oxygens (including phenoxy) is 1. The first-order valence-electron chi connectivity index (χ1n) is 10.1. The lowest BCUT2D eigenvalue weighted by molar-refractivity contribution is 0.0526. The number of anilines is 1. The van der Waals surface area contributed by atoms with Crippen LogP contribution in [0, 0.1) is 0 Å². The summed E-state index contributed by atoms with van der Waals surface area (Å²) in [6.45, 7) is 8.92. The SMILES string of the molecule is CCOC(=O)c1c(NC(=S)NC2CCN(C(C)C)CC2)sc2c1CCCC2. The van der Waals surface area contributed by atoms with Gasteiger partial charge in [0.2, 0.25) is 0 Å². The van der Waals surface area contributed by atoms with Gasteiger partial charge in [0.15, 0.2) is 5.11 Å². The molecule has 2 heterocycles. The molecule has 0 atom stereocenters. The van der Waals surface area contributed by atoms with Crippen molar-refractivity contribution >= 4 is 39.6 Å². The second-order valence-corrected chi connectivity index (χ2v) is 9.15. The van der Waals surface area contributed by atoms with Gasteiger partial charge in [-0.05, 0) is 77.1 Å². The lowest BCUT2D eigenvalue weighted by Gasteiger charge is -2.35. The quantitative estimate of drug-likeness (QED) is 0.567. The van der Waals surface area contributed by atoms with E-state index in [1.54, 1.807) is 11.3 Å². The first-order valence-corrected chi connectivity index (χ1v) is 11.3. The summed E-state index contributed by atoms with van der Waals surface area (Å²) in [5, 5.41) is 8.22. The molecule has 27 heavy (non-hydrogen) atoms. The van der Waals surface area contributed by atoms with Crippen LogP contribution in [0.1, 0.15) is 67.3 Å². The Labute approximate surface area is 171 Å². The third kappa shape index (κ3) is 5.00. The number of carbonyl (C=O) groups excluding carboxylic acids is 1. The first kappa shape index (κ1) is 20.6.